The largest absolute Gasteiger partial charge is 0.480 e. The van der Waals surface area contributed by atoms with E-state index in [2.05, 4.69) is 28.6 Å². The van der Waals surface area contributed by atoms with Crippen LogP contribution in [0.4, 0.5) is 5.82 Å². The van der Waals surface area contributed by atoms with E-state index in [1.54, 1.807) is 12.3 Å². The Morgan fingerprint density at radius 2 is 2.17 bits per heavy atom. The first-order valence-electron chi connectivity index (χ1n) is 8.23. The summed E-state index contributed by atoms with van der Waals surface area (Å²) in [6.07, 6.45) is 5.70. The number of nitrogens with zero attached hydrogens (tertiary/aromatic N) is 2. The lowest BCUT2D eigenvalue weighted by molar-refractivity contribution is -0.137. The molecule has 124 valence electrons. The topological polar surface area (TPSA) is 84.2 Å². The minimum absolute atomic E-state index is 0.0114. The molecule has 2 aromatic rings. The van der Waals surface area contributed by atoms with Crippen LogP contribution in [0, 0.1) is 5.92 Å². The molecule has 2 N–H and O–H groups in total. The van der Waals surface area contributed by atoms with Gasteiger partial charge < -0.3 is 10.4 Å². The molecule has 2 atom stereocenters. The van der Waals surface area contributed by atoms with E-state index in [-0.39, 0.29) is 23.8 Å². The van der Waals surface area contributed by atoms with Crippen molar-refractivity contribution in [2.75, 3.05) is 5.32 Å². The molecule has 1 spiro atoms. The van der Waals surface area contributed by atoms with E-state index in [4.69, 9.17) is 5.11 Å². The summed E-state index contributed by atoms with van der Waals surface area (Å²) >= 11 is 0. The van der Waals surface area contributed by atoms with E-state index in [0.717, 1.165) is 25.7 Å². The molecule has 1 aromatic heterocycles. The van der Waals surface area contributed by atoms with E-state index in [1.807, 2.05) is 6.07 Å². The van der Waals surface area contributed by atoms with Crippen LogP contribution in [-0.4, -0.2) is 26.8 Å². The van der Waals surface area contributed by atoms with Crippen molar-refractivity contribution in [1.29, 1.82) is 0 Å². The summed E-state index contributed by atoms with van der Waals surface area (Å²) in [5, 5.41) is 15.7. The first-order valence-corrected chi connectivity index (χ1v) is 8.23. The lowest BCUT2D eigenvalue weighted by Crippen LogP contribution is -2.25. The van der Waals surface area contributed by atoms with Crippen LogP contribution in [0.3, 0.4) is 0 Å². The number of carboxylic acid groups (broad SMARTS) is 1. The molecule has 1 fully saturated rings. The normalized spacial score (nSPS) is 24.4. The van der Waals surface area contributed by atoms with Crippen molar-refractivity contribution in [1.82, 2.24) is 9.78 Å². The maximum Gasteiger partial charge on any atom is 0.325 e. The van der Waals surface area contributed by atoms with Crippen molar-refractivity contribution in [2.24, 2.45) is 5.92 Å². The van der Waals surface area contributed by atoms with E-state index < -0.39 is 5.97 Å². The highest BCUT2D eigenvalue weighted by atomic mass is 16.4. The molecule has 0 radical (unpaired) electrons. The summed E-state index contributed by atoms with van der Waals surface area (Å²) < 4.78 is 1.30. The number of rotatable bonds is 4. The van der Waals surface area contributed by atoms with Crippen molar-refractivity contribution < 1.29 is 14.7 Å². The second-order valence-corrected chi connectivity index (χ2v) is 6.71. The Kier molecular flexibility index (Phi) is 3.40. The third-order valence-electron chi connectivity index (χ3n) is 5.20. The van der Waals surface area contributed by atoms with Crippen LogP contribution >= 0.6 is 0 Å². The van der Waals surface area contributed by atoms with Gasteiger partial charge in [-0.05, 0) is 36.8 Å². The van der Waals surface area contributed by atoms with Crippen molar-refractivity contribution in [3.05, 3.63) is 47.7 Å². The Hall–Kier alpha value is -2.63. The van der Waals surface area contributed by atoms with Gasteiger partial charge in [-0.2, -0.15) is 5.10 Å². The number of carboxylic acids is 1. The van der Waals surface area contributed by atoms with Gasteiger partial charge in [0.1, 0.15) is 6.54 Å². The number of aliphatic carboxylic acids is 1. The summed E-state index contributed by atoms with van der Waals surface area (Å²) in [6.45, 7) is -0.212. The molecule has 0 aliphatic heterocycles. The molecular formula is C18H19N3O3. The maximum atomic E-state index is 12.6. The minimum Gasteiger partial charge on any atom is -0.480 e. The van der Waals surface area contributed by atoms with Gasteiger partial charge in [0.25, 0.3) is 0 Å². The molecule has 4 rings (SSSR count). The number of anilines is 1. The minimum atomic E-state index is -0.962. The molecular weight excluding hydrogens is 306 g/mol. The fourth-order valence-electron chi connectivity index (χ4n) is 4.04. The molecule has 1 heterocycles. The molecule has 6 nitrogen and oxygen atoms in total. The third-order valence-corrected chi connectivity index (χ3v) is 5.20. The van der Waals surface area contributed by atoms with Crippen molar-refractivity contribution in [2.45, 2.75) is 37.6 Å². The van der Waals surface area contributed by atoms with Crippen LogP contribution in [0.5, 0.6) is 0 Å². The summed E-state index contributed by atoms with van der Waals surface area (Å²) in [5.41, 5.74) is 2.68. The average molecular weight is 325 g/mol. The molecule has 0 bridgehead atoms. The van der Waals surface area contributed by atoms with Crippen LogP contribution < -0.4 is 5.32 Å². The molecule has 1 amide bonds. The second-order valence-electron chi connectivity index (χ2n) is 6.71. The number of hydrogen-bond acceptors (Lipinski definition) is 3. The fraction of sp³-hybridized carbons (Fsp3) is 0.389. The predicted molar refractivity (Wildman–Crippen MR) is 87.7 cm³/mol. The van der Waals surface area contributed by atoms with Gasteiger partial charge in [-0.25, -0.2) is 0 Å². The average Bonchev–Trinajstić information content (AvgIpc) is 3.11. The lowest BCUT2D eigenvalue weighted by Gasteiger charge is -2.26. The summed E-state index contributed by atoms with van der Waals surface area (Å²) in [5.74, 6) is -0.598. The zero-order valence-electron chi connectivity index (χ0n) is 13.2. The van der Waals surface area contributed by atoms with Gasteiger partial charge in [0, 0.05) is 23.6 Å². The fourth-order valence-corrected chi connectivity index (χ4v) is 4.04. The number of nitrogens with one attached hydrogen (secondary N) is 1. The van der Waals surface area contributed by atoms with Crippen LogP contribution in [0.25, 0.3) is 0 Å². The monoisotopic (exact) mass is 325 g/mol. The lowest BCUT2D eigenvalue weighted by atomic mass is 9.78. The Bertz CT molecular complexity index is 813. The summed E-state index contributed by atoms with van der Waals surface area (Å²) in [6, 6.07) is 10.1. The van der Waals surface area contributed by atoms with Crippen molar-refractivity contribution >= 4 is 17.7 Å². The summed E-state index contributed by atoms with van der Waals surface area (Å²) in [7, 11) is 0. The Labute approximate surface area is 139 Å². The highest BCUT2D eigenvalue weighted by Gasteiger charge is 2.60. The van der Waals surface area contributed by atoms with E-state index in [1.165, 1.54) is 15.8 Å². The van der Waals surface area contributed by atoms with Gasteiger partial charge in [0.2, 0.25) is 5.91 Å². The molecule has 1 saturated carbocycles. The van der Waals surface area contributed by atoms with Crippen LogP contribution in [-0.2, 0) is 28.0 Å². The maximum absolute atomic E-state index is 12.6. The smallest absolute Gasteiger partial charge is 0.325 e. The first kappa shape index (κ1) is 14.9. The number of benzene rings is 1. The van der Waals surface area contributed by atoms with Gasteiger partial charge in [0.05, 0.1) is 0 Å². The Morgan fingerprint density at radius 3 is 3.00 bits per heavy atom. The SMILES string of the molecule is O=C(O)Cn1ccc(NC(=O)C2CC23CCCc2ccccc23)n1. The number of hydrogen-bond donors (Lipinski definition) is 2. The van der Waals surface area contributed by atoms with Crippen LogP contribution in [0.2, 0.25) is 0 Å². The summed E-state index contributed by atoms with van der Waals surface area (Å²) in [4.78, 5) is 23.3. The number of fused-ring (bicyclic) bond motifs is 2. The number of amides is 1. The number of carbonyl (C=O) groups excluding carboxylic acids is 1. The molecule has 24 heavy (non-hydrogen) atoms. The van der Waals surface area contributed by atoms with Crippen molar-refractivity contribution in [3.63, 3.8) is 0 Å². The molecule has 2 aliphatic carbocycles. The first-order chi connectivity index (χ1) is 11.6. The van der Waals surface area contributed by atoms with Crippen molar-refractivity contribution in [3.8, 4) is 0 Å². The standard InChI is InChI=1S/C18H19N3O3/c22-16(23)11-21-9-7-15(20-21)19-17(24)14-10-18(14)8-3-5-12-4-1-2-6-13(12)18/h1-2,4,6-7,9,14H,3,5,8,10-11H2,(H,22,23)(H,19,20,24). The van der Waals surface area contributed by atoms with E-state index in [0.29, 0.717) is 5.82 Å². The number of carbonyl (C=O) groups is 2. The highest BCUT2D eigenvalue weighted by Crippen LogP contribution is 2.60. The quantitative estimate of drug-likeness (QED) is 0.902. The number of aromatic nitrogens is 2. The molecule has 0 saturated heterocycles. The Balaban J connectivity index is 1.48. The molecule has 2 unspecified atom stereocenters. The molecule has 6 heteroatoms. The van der Waals surface area contributed by atoms with E-state index in [9.17, 15) is 9.59 Å². The zero-order valence-corrected chi connectivity index (χ0v) is 13.2. The Morgan fingerprint density at radius 1 is 1.33 bits per heavy atom. The van der Waals surface area contributed by atoms with Crippen LogP contribution in [0.15, 0.2) is 36.5 Å². The third kappa shape index (κ3) is 2.48. The molecule has 2 aliphatic rings. The van der Waals surface area contributed by atoms with E-state index >= 15 is 0 Å². The van der Waals surface area contributed by atoms with Gasteiger partial charge in [0.15, 0.2) is 5.82 Å². The van der Waals surface area contributed by atoms with Gasteiger partial charge >= 0.3 is 5.97 Å². The zero-order chi connectivity index (χ0) is 16.7. The van der Waals surface area contributed by atoms with Gasteiger partial charge in [-0.1, -0.05) is 24.3 Å². The van der Waals surface area contributed by atoms with Gasteiger partial charge in [-0.15, -0.1) is 0 Å². The molecule has 1 aromatic carbocycles. The second kappa shape index (κ2) is 5.47. The van der Waals surface area contributed by atoms with Gasteiger partial charge in [-0.3, -0.25) is 14.3 Å². The highest BCUT2D eigenvalue weighted by molar-refractivity contribution is 5.95. The number of aryl methyl sites for hydroxylation is 1. The predicted octanol–water partition coefficient (Wildman–Crippen LogP) is 2.20. The van der Waals surface area contributed by atoms with Crippen LogP contribution in [0.1, 0.15) is 30.4 Å².